The number of carboxylic acids is 1. The Labute approximate surface area is 270 Å². The monoisotopic (exact) mass is 664 g/mol. The molecule has 0 saturated heterocycles. The molecule has 0 aliphatic heterocycles. The molecule has 1 rings (SSSR count). The molecule has 0 fully saturated rings. The van der Waals surface area contributed by atoms with Crippen LogP contribution in [0.4, 0.5) is 0 Å². The predicted molar refractivity (Wildman–Crippen MR) is 165 cm³/mol. The molecule has 0 unspecified atom stereocenters. The summed E-state index contributed by atoms with van der Waals surface area (Å²) in [6.45, 7) is 2.30. The molecule has 0 aromatic heterocycles. The first kappa shape index (κ1) is 39.9. The topological polar surface area (TPSA) is 315 Å². The van der Waals surface area contributed by atoms with Crippen LogP contribution in [0.3, 0.4) is 0 Å². The van der Waals surface area contributed by atoms with Gasteiger partial charge >= 0.3 is 5.97 Å². The average Bonchev–Trinajstić information content (AvgIpc) is 3.00. The molecule has 1 aromatic carbocycles. The van der Waals surface area contributed by atoms with E-state index in [4.69, 9.17) is 17.2 Å². The Bertz CT molecular complexity index is 1280. The van der Waals surface area contributed by atoms with Gasteiger partial charge in [-0.25, -0.2) is 4.79 Å². The Balaban J connectivity index is 3.34. The van der Waals surface area contributed by atoms with Crippen molar-refractivity contribution in [1.29, 1.82) is 0 Å². The maximum atomic E-state index is 13.6. The van der Waals surface area contributed by atoms with Crippen molar-refractivity contribution in [3.63, 3.8) is 0 Å². The summed E-state index contributed by atoms with van der Waals surface area (Å²) < 4.78 is 0. The summed E-state index contributed by atoms with van der Waals surface area (Å²) in [7, 11) is 0. The van der Waals surface area contributed by atoms with Crippen molar-refractivity contribution in [2.75, 3.05) is 13.2 Å². The Morgan fingerprint density at radius 3 is 1.72 bits per heavy atom. The molecule has 0 aliphatic carbocycles. The van der Waals surface area contributed by atoms with E-state index < -0.39 is 104 Å². The van der Waals surface area contributed by atoms with Gasteiger partial charge in [0.05, 0.1) is 19.6 Å². The molecule has 0 bridgehead atoms. The van der Waals surface area contributed by atoms with E-state index in [1.807, 2.05) is 0 Å². The summed E-state index contributed by atoms with van der Waals surface area (Å²) >= 11 is 0. The second kappa shape index (κ2) is 20.1. The minimum atomic E-state index is -1.73. The van der Waals surface area contributed by atoms with Gasteiger partial charge in [-0.1, -0.05) is 44.2 Å². The van der Waals surface area contributed by atoms with E-state index in [-0.39, 0.29) is 25.2 Å². The number of carbonyl (C=O) groups excluding carboxylic acids is 7. The van der Waals surface area contributed by atoms with E-state index >= 15 is 0 Å². The second-order valence-corrected chi connectivity index (χ2v) is 11.1. The fraction of sp³-hybridized carbons (Fsp3) is 0.517. The smallest absolute Gasteiger partial charge is 0.326 e. The van der Waals surface area contributed by atoms with E-state index in [2.05, 4.69) is 26.6 Å². The Kier molecular flexibility index (Phi) is 17.1. The van der Waals surface area contributed by atoms with Gasteiger partial charge in [-0.05, 0) is 24.3 Å². The molecule has 0 spiro atoms. The fourth-order valence-corrected chi connectivity index (χ4v) is 4.26. The number of carbonyl (C=O) groups is 8. The predicted octanol–water partition coefficient (Wildman–Crippen LogP) is -4.12. The molecule has 0 heterocycles. The quantitative estimate of drug-likeness (QED) is 0.0602. The van der Waals surface area contributed by atoms with Gasteiger partial charge in [0.1, 0.15) is 30.2 Å². The van der Waals surface area contributed by atoms with Gasteiger partial charge in [-0.2, -0.15) is 0 Å². The number of benzene rings is 1. The van der Waals surface area contributed by atoms with E-state index in [0.717, 1.165) is 0 Å². The first-order chi connectivity index (χ1) is 22.1. The average molecular weight is 665 g/mol. The molecule has 18 heteroatoms. The minimum Gasteiger partial charge on any atom is -0.480 e. The molecule has 18 nitrogen and oxygen atoms in total. The lowest BCUT2D eigenvalue weighted by molar-refractivity contribution is -0.144. The molecule has 13 N–H and O–H groups in total. The highest BCUT2D eigenvalue weighted by atomic mass is 16.4. The molecule has 0 saturated carbocycles. The zero-order chi connectivity index (χ0) is 35.7. The van der Waals surface area contributed by atoms with Crippen molar-refractivity contribution < 1.29 is 48.6 Å². The van der Waals surface area contributed by atoms with Gasteiger partial charge in [-0.3, -0.25) is 33.6 Å². The second-order valence-electron chi connectivity index (χ2n) is 11.1. The van der Waals surface area contributed by atoms with E-state index in [1.54, 1.807) is 44.2 Å². The molecule has 1 aromatic rings. The number of aliphatic hydroxyl groups excluding tert-OH is 1. The molecular weight excluding hydrogens is 620 g/mol. The van der Waals surface area contributed by atoms with Crippen LogP contribution in [0.2, 0.25) is 0 Å². The van der Waals surface area contributed by atoms with Crippen LogP contribution < -0.4 is 43.8 Å². The lowest BCUT2D eigenvalue weighted by atomic mass is 10.00. The first-order valence-electron chi connectivity index (χ1n) is 14.7. The SMILES string of the molecule is CC(C)C[C@H](NC(=O)[C@H](CO)NC(=O)CN)C(=O)N[C@@H](Cc1ccccc1)C(=O)N[C@@H](CCC(N)=O)C(=O)N[C@@H](CC(N)=O)C(=O)O. The van der Waals surface area contributed by atoms with Crippen molar-refractivity contribution >= 4 is 47.3 Å². The lowest BCUT2D eigenvalue weighted by Crippen LogP contribution is -2.60. The lowest BCUT2D eigenvalue weighted by Gasteiger charge is -2.27. The number of amides is 7. The highest BCUT2D eigenvalue weighted by Gasteiger charge is 2.33. The van der Waals surface area contributed by atoms with E-state index in [0.29, 0.717) is 5.56 Å². The molecular formula is C29H44N8O10. The van der Waals surface area contributed by atoms with Crippen molar-refractivity contribution in [1.82, 2.24) is 26.6 Å². The third kappa shape index (κ3) is 15.2. The highest BCUT2D eigenvalue weighted by Crippen LogP contribution is 2.10. The summed E-state index contributed by atoms with van der Waals surface area (Å²) in [5, 5.41) is 30.8. The van der Waals surface area contributed by atoms with Gasteiger partial charge in [0.25, 0.3) is 0 Å². The standard InChI is InChI=1S/C29H44N8O10/c1-15(2)10-18(35-28(45)21(14-38)33-24(41)13-30)26(43)36-19(11-16-6-4-3-5-7-16)27(44)34-17(8-9-22(31)39)25(42)37-20(29(46)47)12-23(32)40/h3-7,15,17-21,38H,8-14,30H2,1-2H3,(H2,31,39)(H2,32,40)(H,33,41)(H,34,44)(H,35,45)(H,36,43)(H,37,42)(H,46,47)/t17-,18-,19-,20-,21-/m0/s1. The van der Waals surface area contributed by atoms with Gasteiger partial charge in [0, 0.05) is 12.8 Å². The first-order valence-corrected chi connectivity index (χ1v) is 14.7. The number of rotatable bonds is 21. The van der Waals surface area contributed by atoms with E-state index in [9.17, 15) is 48.6 Å². The summed E-state index contributed by atoms with van der Waals surface area (Å²) in [5.41, 5.74) is 16.1. The van der Waals surface area contributed by atoms with Crippen molar-refractivity contribution in [2.45, 2.75) is 76.2 Å². The van der Waals surface area contributed by atoms with Crippen LogP contribution in [0, 0.1) is 5.92 Å². The molecule has 0 aliphatic rings. The molecule has 5 atom stereocenters. The number of nitrogens with two attached hydrogens (primary N) is 3. The van der Waals surface area contributed by atoms with Crippen molar-refractivity contribution in [2.24, 2.45) is 23.1 Å². The third-order valence-corrected chi connectivity index (χ3v) is 6.61. The van der Waals surface area contributed by atoms with Crippen LogP contribution in [0.5, 0.6) is 0 Å². The summed E-state index contributed by atoms with van der Waals surface area (Å²) in [6.07, 6.45) is -1.52. The number of carboxylic acid groups (broad SMARTS) is 1. The third-order valence-electron chi connectivity index (χ3n) is 6.61. The van der Waals surface area contributed by atoms with Crippen LogP contribution in [-0.4, -0.2) is 101 Å². The zero-order valence-corrected chi connectivity index (χ0v) is 26.2. The Morgan fingerprint density at radius 2 is 1.21 bits per heavy atom. The Hall–Kier alpha value is -5.10. The summed E-state index contributed by atoms with van der Waals surface area (Å²) in [6, 6.07) is 1.16. The van der Waals surface area contributed by atoms with Crippen molar-refractivity contribution in [3.05, 3.63) is 35.9 Å². The maximum Gasteiger partial charge on any atom is 0.326 e. The maximum absolute atomic E-state index is 13.6. The molecule has 47 heavy (non-hydrogen) atoms. The number of hydrogen-bond donors (Lipinski definition) is 10. The number of nitrogens with one attached hydrogen (secondary N) is 5. The van der Waals surface area contributed by atoms with Gasteiger partial charge in [0.2, 0.25) is 41.4 Å². The Morgan fingerprint density at radius 1 is 0.702 bits per heavy atom. The van der Waals surface area contributed by atoms with Gasteiger partial charge in [0.15, 0.2) is 0 Å². The molecule has 0 radical (unpaired) electrons. The van der Waals surface area contributed by atoms with Crippen LogP contribution in [0.15, 0.2) is 30.3 Å². The summed E-state index contributed by atoms with van der Waals surface area (Å²) in [4.78, 5) is 99.1. The van der Waals surface area contributed by atoms with Gasteiger partial charge in [-0.15, -0.1) is 0 Å². The van der Waals surface area contributed by atoms with Crippen molar-refractivity contribution in [3.8, 4) is 0 Å². The number of aliphatic carboxylic acids is 1. The van der Waals surface area contributed by atoms with Crippen LogP contribution in [-0.2, 0) is 44.8 Å². The van der Waals surface area contributed by atoms with E-state index in [1.165, 1.54) is 0 Å². The number of aliphatic hydroxyl groups is 1. The van der Waals surface area contributed by atoms with Crippen LogP contribution >= 0.6 is 0 Å². The number of hydrogen-bond acceptors (Lipinski definition) is 10. The summed E-state index contributed by atoms with van der Waals surface area (Å²) in [5.74, 6) is -7.95. The number of primary amides is 2. The largest absolute Gasteiger partial charge is 0.480 e. The van der Waals surface area contributed by atoms with Crippen LogP contribution in [0.1, 0.15) is 45.1 Å². The normalized spacial score (nSPS) is 14.0. The van der Waals surface area contributed by atoms with Crippen LogP contribution in [0.25, 0.3) is 0 Å². The minimum absolute atomic E-state index is 0.0836. The molecule has 260 valence electrons. The van der Waals surface area contributed by atoms with Gasteiger partial charge < -0.3 is 54.0 Å². The fourth-order valence-electron chi connectivity index (χ4n) is 4.26. The zero-order valence-electron chi connectivity index (χ0n) is 26.2. The highest BCUT2D eigenvalue weighted by molar-refractivity contribution is 5.96. The molecule has 7 amide bonds.